The van der Waals surface area contributed by atoms with Crippen LogP contribution in [0.3, 0.4) is 0 Å². The molecule has 0 heterocycles. The van der Waals surface area contributed by atoms with Gasteiger partial charge in [-0.3, -0.25) is 0 Å². The van der Waals surface area contributed by atoms with Crippen molar-refractivity contribution in [2.45, 2.75) is 6.42 Å². The fourth-order valence-electron chi connectivity index (χ4n) is 1.81. The maximum Gasteiger partial charge on any atom is 0.319 e. The fourth-order valence-corrected chi connectivity index (χ4v) is 1.81. The molecule has 21 heavy (non-hydrogen) atoms. The van der Waals surface area contributed by atoms with Crippen molar-refractivity contribution in [2.24, 2.45) is 0 Å². The lowest BCUT2D eigenvalue weighted by Crippen LogP contribution is -2.30. The first-order chi connectivity index (χ1) is 10.3. The fraction of sp³-hybridized carbons (Fsp3) is 0.188. The van der Waals surface area contributed by atoms with Gasteiger partial charge in [-0.2, -0.15) is 0 Å². The van der Waals surface area contributed by atoms with Crippen LogP contribution in [0.5, 0.6) is 0 Å². The first-order valence-electron chi connectivity index (χ1n) is 6.84. The van der Waals surface area contributed by atoms with Crippen molar-refractivity contribution in [1.29, 1.82) is 0 Å². The van der Waals surface area contributed by atoms with Crippen molar-refractivity contribution in [3.8, 4) is 0 Å². The molecule has 0 aliphatic rings. The molecule has 0 spiro atoms. The van der Waals surface area contributed by atoms with Crippen LogP contribution in [-0.2, 0) is 0 Å². The number of nitrogens with one attached hydrogen (secondary N) is 3. The number of urea groups is 1. The number of para-hydroxylation sites is 2. The molecular formula is C16H18FN3O. The maximum atomic E-state index is 13.3. The van der Waals surface area contributed by atoms with Crippen LogP contribution in [0.2, 0.25) is 0 Å². The summed E-state index contributed by atoms with van der Waals surface area (Å²) in [6.07, 6.45) is 0.777. The Hall–Kier alpha value is -2.56. The molecule has 0 aromatic heterocycles. The summed E-state index contributed by atoms with van der Waals surface area (Å²) in [5, 5.41) is 8.41. The predicted octanol–water partition coefficient (Wildman–Crippen LogP) is 3.45. The molecule has 0 atom stereocenters. The van der Waals surface area contributed by atoms with Crippen LogP contribution < -0.4 is 16.0 Å². The number of amides is 2. The molecular weight excluding hydrogens is 269 g/mol. The molecule has 2 rings (SSSR count). The average Bonchev–Trinajstić information content (AvgIpc) is 2.50. The van der Waals surface area contributed by atoms with Crippen molar-refractivity contribution in [3.05, 3.63) is 60.4 Å². The minimum atomic E-state index is -0.446. The summed E-state index contributed by atoms with van der Waals surface area (Å²) in [6.45, 7) is 1.27. The van der Waals surface area contributed by atoms with Gasteiger partial charge in [0, 0.05) is 18.8 Å². The molecule has 0 saturated carbocycles. The molecule has 0 fully saturated rings. The summed E-state index contributed by atoms with van der Waals surface area (Å²) in [4.78, 5) is 11.6. The van der Waals surface area contributed by atoms with Crippen molar-refractivity contribution >= 4 is 17.4 Å². The molecule has 0 unspecified atom stereocenters. The van der Waals surface area contributed by atoms with E-state index in [4.69, 9.17) is 0 Å². The van der Waals surface area contributed by atoms with E-state index in [1.165, 1.54) is 12.1 Å². The van der Waals surface area contributed by atoms with Crippen molar-refractivity contribution in [2.75, 3.05) is 23.7 Å². The maximum absolute atomic E-state index is 13.3. The van der Waals surface area contributed by atoms with Crippen LogP contribution in [0.1, 0.15) is 6.42 Å². The summed E-state index contributed by atoms with van der Waals surface area (Å²) < 4.78 is 13.3. The van der Waals surface area contributed by atoms with Crippen LogP contribution in [0.15, 0.2) is 54.6 Å². The lowest BCUT2D eigenvalue weighted by atomic mass is 10.3. The molecule has 110 valence electrons. The highest BCUT2D eigenvalue weighted by molar-refractivity contribution is 5.89. The average molecular weight is 287 g/mol. The van der Waals surface area contributed by atoms with Crippen LogP contribution >= 0.6 is 0 Å². The number of hydrogen-bond donors (Lipinski definition) is 3. The van der Waals surface area contributed by atoms with Crippen molar-refractivity contribution < 1.29 is 9.18 Å². The Labute approximate surface area is 123 Å². The van der Waals surface area contributed by atoms with E-state index < -0.39 is 11.8 Å². The van der Waals surface area contributed by atoms with Gasteiger partial charge in [-0.1, -0.05) is 30.3 Å². The topological polar surface area (TPSA) is 53.2 Å². The highest BCUT2D eigenvalue weighted by Gasteiger charge is 2.04. The highest BCUT2D eigenvalue weighted by Crippen LogP contribution is 2.11. The zero-order chi connectivity index (χ0) is 14.9. The van der Waals surface area contributed by atoms with Gasteiger partial charge in [0.25, 0.3) is 0 Å². The highest BCUT2D eigenvalue weighted by atomic mass is 19.1. The summed E-state index contributed by atoms with van der Waals surface area (Å²) in [5.74, 6) is -0.446. The third-order valence-corrected chi connectivity index (χ3v) is 2.86. The number of halogens is 1. The Kier molecular flexibility index (Phi) is 5.58. The van der Waals surface area contributed by atoms with E-state index >= 15 is 0 Å². The number of benzene rings is 2. The van der Waals surface area contributed by atoms with E-state index in [1.807, 2.05) is 30.3 Å². The largest absolute Gasteiger partial charge is 0.385 e. The molecule has 4 nitrogen and oxygen atoms in total. The lowest BCUT2D eigenvalue weighted by Gasteiger charge is -2.09. The standard InChI is InChI=1S/C16H18FN3O/c17-14-9-4-5-10-15(14)20-16(21)19-12-6-11-18-13-7-2-1-3-8-13/h1-5,7-10,18H,6,11-12H2,(H2,19,20,21). The summed E-state index contributed by atoms with van der Waals surface area (Å²) in [7, 11) is 0. The van der Waals surface area contributed by atoms with E-state index in [2.05, 4.69) is 16.0 Å². The molecule has 2 aromatic carbocycles. The first-order valence-corrected chi connectivity index (χ1v) is 6.84. The minimum absolute atomic E-state index is 0.178. The van der Waals surface area contributed by atoms with Crippen LogP contribution in [0.4, 0.5) is 20.6 Å². The van der Waals surface area contributed by atoms with Gasteiger partial charge in [-0.05, 0) is 30.7 Å². The number of rotatable bonds is 6. The summed E-state index contributed by atoms with van der Waals surface area (Å²) >= 11 is 0. The van der Waals surface area contributed by atoms with Crippen molar-refractivity contribution in [1.82, 2.24) is 5.32 Å². The predicted molar refractivity (Wildman–Crippen MR) is 83.0 cm³/mol. The van der Waals surface area contributed by atoms with Gasteiger partial charge in [0.1, 0.15) is 5.82 Å². The van der Waals surface area contributed by atoms with Gasteiger partial charge in [0.05, 0.1) is 5.69 Å². The van der Waals surface area contributed by atoms with E-state index in [-0.39, 0.29) is 5.69 Å². The van der Waals surface area contributed by atoms with Crippen LogP contribution in [-0.4, -0.2) is 19.1 Å². The van der Waals surface area contributed by atoms with E-state index in [0.717, 1.165) is 18.7 Å². The van der Waals surface area contributed by atoms with Crippen LogP contribution in [0.25, 0.3) is 0 Å². The summed E-state index contributed by atoms with van der Waals surface area (Å²) in [6, 6.07) is 15.5. The van der Waals surface area contributed by atoms with Gasteiger partial charge < -0.3 is 16.0 Å². The lowest BCUT2D eigenvalue weighted by molar-refractivity contribution is 0.252. The second-order valence-electron chi connectivity index (χ2n) is 4.51. The molecule has 2 amide bonds. The molecule has 0 saturated heterocycles. The molecule has 0 bridgehead atoms. The quantitative estimate of drug-likeness (QED) is 0.713. The first kappa shape index (κ1) is 14.8. The monoisotopic (exact) mass is 287 g/mol. The Balaban J connectivity index is 1.63. The molecule has 0 aliphatic heterocycles. The molecule has 3 N–H and O–H groups in total. The van der Waals surface area contributed by atoms with Gasteiger partial charge in [0.15, 0.2) is 0 Å². The Bertz CT molecular complexity index is 575. The second-order valence-corrected chi connectivity index (χ2v) is 4.51. The number of carbonyl (C=O) groups is 1. The molecule has 0 aliphatic carbocycles. The third-order valence-electron chi connectivity index (χ3n) is 2.86. The van der Waals surface area contributed by atoms with Crippen molar-refractivity contribution in [3.63, 3.8) is 0 Å². The molecule has 5 heteroatoms. The van der Waals surface area contributed by atoms with Gasteiger partial charge in [-0.15, -0.1) is 0 Å². The second kappa shape index (κ2) is 7.89. The Morgan fingerprint density at radius 1 is 0.952 bits per heavy atom. The minimum Gasteiger partial charge on any atom is -0.385 e. The summed E-state index contributed by atoms with van der Waals surface area (Å²) in [5.41, 5.74) is 1.23. The Morgan fingerprint density at radius 3 is 2.43 bits per heavy atom. The number of carbonyl (C=O) groups excluding carboxylic acids is 1. The zero-order valence-electron chi connectivity index (χ0n) is 11.6. The third kappa shape index (κ3) is 5.14. The van der Waals surface area contributed by atoms with E-state index in [0.29, 0.717) is 6.54 Å². The van der Waals surface area contributed by atoms with Gasteiger partial charge in [0.2, 0.25) is 0 Å². The van der Waals surface area contributed by atoms with E-state index in [9.17, 15) is 9.18 Å². The normalized spacial score (nSPS) is 9.95. The number of hydrogen-bond acceptors (Lipinski definition) is 2. The molecule has 2 aromatic rings. The van der Waals surface area contributed by atoms with Gasteiger partial charge in [-0.25, -0.2) is 9.18 Å². The molecule has 0 radical (unpaired) electrons. The Morgan fingerprint density at radius 2 is 1.67 bits per heavy atom. The number of anilines is 2. The van der Waals surface area contributed by atoms with E-state index in [1.54, 1.807) is 12.1 Å². The smallest absolute Gasteiger partial charge is 0.319 e. The van der Waals surface area contributed by atoms with Crippen LogP contribution in [0, 0.1) is 5.82 Å². The zero-order valence-corrected chi connectivity index (χ0v) is 11.6. The van der Waals surface area contributed by atoms with Gasteiger partial charge >= 0.3 is 6.03 Å². The SMILES string of the molecule is O=C(NCCCNc1ccccc1)Nc1ccccc1F.